The minimum Gasteiger partial charge on any atom is -0.395 e. The van der Waals surface area contributed by atoms with Gasteiger partial charge in [0.05, 0.1) is 5.69 Å². The maximum Gasteiger partial charge on any atom is 0.311 e. The number of halogens is 1. The van der Waals surface area contributed by atoms with Crippen LogP contribution in [0.1, 0.15) is 5.56 Å². The third kappa shape index (κ3) is 3.08. The number of nitrogen functional groups attached to an aromatic ring is 1. The van der Waals surface area contributed by atoms with Crippen molar-refractivity contribution in [2.45, 2.75) is 6.92 Å². The van der Waals surface area contributed by atoms with Gasteiger partial charge in [0.2, 0.25) is 0 Å². The monoisotopic (exact) mass is 205 g/mol. The molecule has 1 rings (SSSR count). The summed E-state index contributed by atoms with van der Waals surface area (Å²) in [6.07, 6.45) is 0. The molecule has 0 saturated carbocycles. The van der Waals surface area contributed by atoms with Gasteiger partial charge in [0.15, 0.2) is 0 Å². The Morgan fingerprint density at radius 1 is 1.31 bits per heavy atom. The molecular weight excluding hydrogens is 198 g/mol. The second-order valence-corrected chi connectivity index (χ2v) is 3.41. The predicted molar refractivity (Wildman–Crippen MR) is 36.2 cm³/mol. The molecular formula is C7H8ClNO4. The van der Waals surface area contributed by atoms with Crippen molar-refractivity contribution in [2.24, 2.45) is 0 Å². The summed E-state index contributed by atoms with van der Waals surface area (Å²) < 4.78 is 34.7. The van der Waals surface area contributed by atoms with E-state index in [1.54, 1.807) is 13.0 Å². The SMILES string of the molecule is Cc1ccc(N)c(O[Cl+3]([O-])([O-])[O-])c1. The molecule has 0 heterocycles. The molecule has 0 fully saturated rings. The van der Waals surface area contributed by atoms with Gasteiger partial charge in [-0.2, -0.15) is 14.0 Å². The summed E-state index contributed by atoms with van der Waals surface area (Å²) in [6.45, 7) is 1.72. The number of rotatable bonds is 2. The van der Waals surface area contributed by atoms with E-state index in [9.17, 15) is 14.0 Å². The molecule has 0 spiro atoms. The van der Waals surface area contributed by atoms with Crippen LogP contribution in [0.2, 0.25) is 0 Å². The summed E-state index contributed by atoms with van der Waals surface area (Å²) in [5, 5.41) is 0. The van der Waals surface area contributed by atoms with Gasteiger partial charge in [-0.3, -0.25) is 0 Å². The van der Waals surface area contributed by atoms with Gasteiger partial charge in [0.25, 0.3) is 0 Å². The van der Waals surface area contributed by atoms with Crippen LogP contribution in [0, 0.1) is 17.2 Å². The predicted octanol–water partition coefficient (Wildman–Crippen LogP) is -2.15. The zero-order chi connectivity index (χ0) is 10.1. The Morgan fingerprint density at radius 3 is 2.46 bits per heavy atom. The van der Waals surface area contributed by atoms with Gasteiger partial charge >= 0.3 is 5.75 Å². The zero-order valence-corrected chi connectivity index (χ0v) is 7.58. The van der Waals surface area contributed by atoms with Gasteiger partial charge in [-0.05, 0) is 18.6 Å². The van der Waals surface area contributed by atoms with E-state index in [1.165, 1.54) is 12.1 Å². The lowest BCUT2D eigenvalue weighted by Gasteiger charge is -2.13. The molecule has 1 aromatic rings. The van der Waals surface area contributed by atoms with E-state index in [0.29, 0.717) is 0 Å². The topological polar surface area (TPSA) is 104 Å². The van der Waals surface area contributed by atoms with Crippen molar-refractivity contribution in [3.05, 3.63) is 23.8 Å². The maximum atomic E-state index is 10.2. The highest BCUT2D eigenvalue weighted by Crippen LogP contribution is 2.23. The number of hydrogen-bond donors (Lipinski definition) is 1. The van der Waals surface area contributed by atoms with E-state index in [4.69, 9.17) is 5.73 Å². The fourth-order valence-corrected chi connectivity index (χ4v) is 1.15. The second-order valence-electron chi connectivity index (χ2n) is 2.50. The molecule has 0 radical (unpaired) electrons. The molecule has 0 aromatic heterocycles. The summed E-state index contributed by atoms with van der Waals surface area (Å²) in [5.41, 5.74) is 6.23. The second kappa shape index (κ2) is 3.39. The minimum atomic E-state index is -4.48. The largest absolute Gasteiger partial charge is 0.395 e. The quantitative estimate of drug-likeness (QED) is 0.555. The molecule has 72 valence electrons. The Balaban J connectivity index is 2.94. The number of anilines is 1. The highest BCUT2D eigenvalue weighted by Gasteiger charge is 2.21. The molecule has 0 unspecified atom stereocenters. The highest BCUT2D eigenvalue weighted by molar-refractivity contribution is 5.53. The molecule has 0 amide bonds. The van der Waals surface area contributed by atoms with Crippen LogP contribution in [0.3, 0.4) is 0 Å². The number of nitrogens with two attached hydrogens (primary N) is 1. The lowest BCUT2D eigenvalue weighted by atomic mass is 10.2. The van der Waals surface area contributed by atoms with Crippen LogP contribution in [0.4, 0.5) is 5.69 Å². The average molecular weight is 206 g/mol. The third-order valence-corrected chi connectivity index (χ3v) is 1.70. The summed E-state index contributed by atoms with van der Waals surface area (Å²) >= 11 is 0. The Hall–Kier alpha value is -1.01. The molecule has 0 bridgehead atoms. The lowest BCUT2D eigenvalue weighted by Crippen LogP contribution is -2.63. The summed E-state index contributed by atoms with van der Waals surface area (Å²) in [5.74, 6) is -0.142. The Morgan fingerprint density at radius 2 is 1.92 bits per heavy atom. The molecule has 0 aliphatic rings. The molecule has 5 nitrogen and oxygen atoms in total. The first-order valence-corrected chi connectivity index (χ1v) is 4.58. The lowest BCUT2D eigenvalue weighted by molar-refractivity contribution is -1.91. The first-order valence-electron chi connectivity index (χ1n) is 3.35. The van der Waals surface area contributed by atoms with Gasteiger partial charge in [-0.1, -0.05) is 10.4 Å². The van der Waals surface area contributed by atoms with E-state index < -0.39 is 10.2 Å². The van der Waals surface area contributed by atoms with E-state index in [2.05, 4.69) is 4.29 Å². The first-order chi connectivity index (χ1) is 5.88. The number of aryl methyl sites for hydroxylation is 1. The minimum absolute atomic E-state index is 0.109. The molecule has 0 aliphatic carbocycles. The van der Waals surface area contributed by atoms with Crippen molar-refractivity contribution in [2.75, 3.05) is 5.73 Å². The number of benzene rings is 1. The van der Waals surface area contributed by atoms with Crippen molar-refractivity contribution in [1.29, 1.82) is 0 Å². The van der Waals surface area contributed by atoms with Crippen molar-refractivity contribution >= 4 is 5.69 Å². The van der Waals surface area contributed by atoms with E-state index in [-0.39, 0.29) is 11.4 Å². The van der Waals surface area contributed by atoms with Crippen LogP contribution in [-0.4, -0.2) is 0 Å². The number of hydrogen-bond acceptors (Lipinski definition) is 5. The fraction of sp³-hybridized carbons (Fsp3) is 0.143. The Bertz CT molecular complexity index is 310. The standard InChI is InChI=1S/C7H8ClNO4/c1-5-2-3-6(9)7(4-5)13-8(10,11)12/h2-4H,9H2,1H3. The van der Waals surface area contributed by atoms with Gasteiger partial charge in [0.1, 0.15) is 10.2 Å². The normalized spacial score (nSPS) is 11.4. The average Bonchev–Trinajstić information content (AvgIpc) is 1.94. The molecule has 6 heteroatoms. The molecule has 0 saturated heterocycles. The zero-order valence-electron chi connectivity index (χ0n) is 6.82. The molecule has 1 aromatic carbocycles. The third-order valence-electron chi connectivity index (χ3n) is 1.35. The van der Waals surface area contributed by atoms with Crippen LogP contribution in [0.25, 0.3) is 0 Å². The highest BCUT2D eigenvalue weighted by atomic mass is 35.7. The van der Waals surface area contributed by atoms with Gasteiger partial charge in [0, 0.05) is 6.07 Å². The van der Waals surface area contributed by atoms with E-state index in [0.717, 1.165) is 5.56 Å². The molecule has 0 aliphatic heterocycles. The molecule has 13 heavy (non-hydrogen) atoms. The summed E-state index contributed by atoms with van der Waals surface area (Å²) in [4.78, 5) is 0. The summed E-state index contributed by atoms with van der Waals surface area (Å²) in [7, 11) is -4.48. The summed E-state index contributed by atoms with van der Waals surface area (Å²) in [6, 6.07) is 4.51. The maximum absolute atomic E-state index is 10.2. The van der Waals surface area contributed by atoms with Crippen molar-refractivity contribution in [3.8, 4) is 5.75 Å². The molecule has 2 N–H and O–H groups in total. The Kier molecular flexibility index (Phi) is 2.63. The fourth-order valence-electron chi connectivity index (χ4n) is 0.810. The van der Waals surface area contributed by atoms with Crippen LogP contribution in [-0.2, 0) is 0 Å². The van der Waals surface area contributed by atoms with Crippen molar-refractivity contribution in [1.82, 2.24) is 0 Å². The Labute approximate surface area is 77.1 Å². The van der Waals surface area contributed by atoms with Crippen molar-refractivity contribution in [3.63, 3.8) is 0 Å². The first kappa shape index (κ1) is 10.1. The van der Waals surface area contributed by atoms with Crippen LogP contribution < -0.4 is 24.0 Å². The van der Waals surface area contributed by atoms with Crippen LogP contribution in [0.15, 0.2) is 18.2 Å². The van der Waals surface area contributed by atoms with Gasteiger partial charge < -0.3 is 5.73 Å². The van der Waals surface area contributed by atoms with Crippen molar-refractivity contribution < 1.29 is 28.5 Å². The van der Waals surface area contributed by atoms with Crippen LogP contribution in [0.5, 0.6) is 5.75 Å². The smallest absolute Gasteiger partial charge is 0.311 e. The van der Waals surface area contributed by atoms with E-state index >= 15 is 0 Å². The van der Waals surface area contributed by atoms with Gasteiger partial charge in [-0.25, -0.2) is 0 Å². The van der Waals surface area contributed by atoms with Crippen LogP contribution >= 0.6 is 0 Å². The molecule has 0 atom stereocenters. The van der Waals surface area contributed by atoms with E-state index in [1.807, 2.05) is 0 Å². The van der Waals surface area contributed by atoms with Gasteiger partial charge in [-0.15, -0.1) is 0 Å².